The maximum absolute atomic E-state index is 10.4. The van der Waals surface area contributed by atoms with Crippen molar-refractivity contribution in [3.05, 3.63) is 0 Å². The van der Waals surface area contributed by atoms with Crippen LogP contribution >= 0.6 is 22.9 Å². The molecule has 0 aromatic carbocycles. The van der Waals surface area contributed by atoms with Crippen molar-refractivity contribution in [3.8, 4) is 0 Å². The Morgan fingerprint density at radius 2 is 1.86 bits per heavy atom. The van der Waals surface area contributed by atoms with Crippen molar-refractivity contribution in [2.75, 3.05) is 19.1 Å². The summed E-state index contributed by atoms with van der Waals surface area (Å²) < 4.78 is 36.5. The van der Waals surface area contributed by atoms with Crippen molar-refractivity contribution in [3.63, 3.8) is 0 Å². The van der Waals surface area contributed by atoms with Crippen LogP contribution in [0.25, 0.3) is 0 Å². The van der Waals surface area contributed by atoms with Crippen LogP contribution in [0.1, 0.15) is 13.8 Å². The second kappa shape index (κ2) is 5.16. The molecule has 1 rings (SSSR count). The largest absolute Gasteiger partial charge is 0.470 e. The highest BCUT2D eigenvalue weighted by Crippen LogP contribution is 2.48. The summed E-state index contributed by atoms with van der Waals surface area (Å²) >= 11 is -3.10. The predicted octanol–water partition coefficient (Wildman–Crippen LogP) is 3.59. The first-order valence-electron chi connectivity index (χ1n) is 3.78. The minimum atomic E-state index is -4.67. The summed E-state index contributed by atoms with van der Waals surface area (Å²) in [5, 5.41) is 0.819. The Hall–Kier alpha value is -0.0400. The van der Waals surface area contributed by atoms with Crippen LogP contribution in [-0.4, -0.2) is 29.9 Å². The Balaban J connectivity index is 0.000000292. The molecule has 0 unspecified atom stereocenters. The maximum atomic E-state index is 10.4. The molecule has 7 heteroatoms. The highest BCUT2D eigenvalue weighted by Gasteiger charge is 2.25. The van der Waals surface area contributed by atoms with E-state index in [1.54, 1.807) is 11.8 Å². The van der Waals surface area contributed by atoms with E-state index in [4.69, 9.17) is 4.74 Å². The van der Waals surface area contributed by atoms with Gasteiger partial charge in [0, 0.05) is 6.26 Å². The summed E-state index contributed by atoms with van der Waals surface area (Å²) in [6.45, 7) is 4.86. The van der Waals surface area contributed by atoms with Crippen molar-refractivity contribution >= 4 is 28.2 Å². The molecule has 0 bridgehead atoms. The molecule has 0 radical (unpaired) electrons. The van der Waals surface area contributed by atoms with Crippen molar-refractivity contribution in [1.82, 2.24) is 0 Å². The Labute approximate surface area is 88.5 Å². The number of rotatable bonds is 0. The van der Waals surface area contributed by atoms with Crippen LogP contribution in [0.2, 0.25) is 0 Å². The molecular weight excluding hydrogens is 235 g/mol. The molecule has 1 aliphatic heterocycles. The van der Waals surface area contributed by atoms with Crippen LogP contribution in [0.3, 0.4) is 0 Å². The van der Waals surface area contributed by atoms with Gasteiger partial charge in [-0.3, -0.25) is 0 Å². The van der Waals surface area contributed by atoms with E-state index in [0.717, 1.165) is 11.8 Å². The summed E-state index contributed by atoms with van der Waals surface area (Å²) in [5.41, 5.74) is 0.0122. The predicted molar refractivity (Wildman–Crippen MR) is 57.8 cm³/mol. The third-order valence-electron chi connectivity index (χ3n) is 1.12. The van der Waals surface area contributed by atoms with E-state index in [-0.39, 0.29) is 11.8 Å². The van der Waals surface area contributed by atoms with E-state index in [9.17, 15) is 11.7 Å². The minimum absolute atomic E-state index is 0.0122. The molecule has 0 saturated heterocycles. The fraction of sp³-hybridized carbons (Fsp3) is 0.857. The van der Waals surface area contributed by atoms with Gasteiger partial charge >= 0.3 is 0 Å². The lowest BCUT2D eigenvalue weighted by Crippen LogP contribution is -2.17. The Morgan fingerprint density at radius 1 is 1.43 bits per heavy atom. The van der Waals surface area contributed by atoms with E-state index in [2.05, 4.69) is 18.8 Å². The van der Waals surface area contributed by atoms with Crippen LogP contribution in [0.5, 0.6) is 0 Å². The third-order valence-corrected chi connectivity index (χ3v) is 1.68. The van der Waals surface area contributed by atoms with E-state index in [1.165, 1.54) is 0 Å². The summed E-state index contributed by atoms with van der Waals surface area (Å²) in [4.78, 5) is 4.30. The fourth-order valence-electron chi connectivity index (χ4n) is 0.655. The lowest BCUT2D eigenvalue weighted by Gasteiger charge is -2.07. The van der Waals surface area contributed by atoms with Gasteiger partial charge in [-0.05, 0) is 20.1 Å². The van der Waals surface area contributed by atoms with Crippen LogP contribution in [0.4, 0.5) is 11.7 Å². The van der Waals surface area contributed by atoms with E-state index < -0.39 is 11.2 Å². The molecule has 14 heavy (non-hydrogen) atoms. The molecule has 0 atom stereocenters. The van der Waals surface area contributed by atoms with Gasteiger partial charge in [0.25, 0.3) is 0 Å². The van der Waals surface area contributed by atoms with Crippen LogP contribution in [0.15, 0.2) is 4.99 Å². The van der Waals surface area contributed by atoms with Gasteiger partial charge in [-0.1, -0.05) is 11.8 Å². The van der Waals surface area contributed by atoms with Gasteiger partial charge in [-0.2, -0.15) is 0 Å². The summed E-state index contributed by atoms with van der Waals surface area (Å²) in [5.74, 6) is 0. The molecule has 0 aromatic heterocycles. The Morgan fingerprint density at radius 3 is 2.00 bits per heavy atom. The standard InChI is InChI=1S/C6H11NOS.CH3F3S/c1-6(2)4-8-5(7-6)9-3;1-5(2,3)4/h4H2,1-3H3;1H3. The van der Waals surface area contributed by atoms with Gasteiger partial charge in [0.15, 0.2) is 0 Å². The van der Waals surface area contributed by atoms with Crippen LogP contribution in [-0.2, 0) is 4.74 Å². The molecule has 0 spiro atoms. The van der Waals surface area contributed by atoms with Gasteiger partial charge in [0.05, 0.1) is 5.54 Å². The highest BCUT2D eigenvalue weighted by atomic mass is 32.3. The van der Waals surface area contributed by atoms with Gasteiger partial charge in [0.1, 0.15) is 6.61 Å². The first kappa shape index (κ1) is 14.0. The molecule has 86 valence electrons. The summed E-state index contributed by atoms with van der Waals surface area (Å²) in [7, 11) is 0. The topological polar surface area (TPSA) is 21.6 Å². The molecule has 0 saturated carbocycles. The molecule has 0 aliphatic carbocycles. The second-order valence-corrected chi connectivity index (χ2v) is 5.35. The average Bonchev–Trinajstić information content (AvgIpc) is 2.26. The van der Waals surface area contributed by atoms with Gasteiger partial charge < -0.3 is 4.74 Å². The van der Waals surface area contributed by atoms with Crippen molar-refractivity contribution < 1.29 is 16.4 Å². The Bertz CT molecular complexity index is 209. The SMILES string of the molecule is CS(F)(F)F.CSC1=NC(C)(C)CO1. The van der Waals surface area contributed by atoms with Gasteiger partial charge in [-0.15, -0.1) is 11.7 Å². The molecule has 2 nitrogen and oxygen atoms in total. The molecule has 0 N–H and O–H groups in total. The van der Waals surface area contributed by atoms with Crippen molar-refractivity contribution in [2.24, 2.45) is 4.99 Å². The molecule has 1 heterocycles. The molecule has 0 fully saturated rings. The molecule has 1 aliphatic rings. The monoisotopic (exact) mass is 249 g/mol. The molecular formula is C7H14F3NOS2. The third kappa shape index (κ3) is 8.55. The number of ether oxygens (including phenoxy) is 1. The number of hydrogen-bond donors (Lipinski definition) is 0. The second-order valence-electron chi connectivity index (χ2n) is 3.32. The molecule has 0 aromatic rings. The zero-order valence-electron chi connectivity index (χ0n) is 8.51. The number of aliphatic imine (C=N–C) groups is 1. The number of hydrogen-bond acceptors (Lipinski definition) is 3. The minimum Gasteiger partial charge on any atom is -0.470 e. The fourth-order valence-corrected chi connectivity index (χ4v) is 1.17. The zero-order chi connectivity index (χ0) is 11.4. The smallest absolute Gasteiger partial charge is 0.246 e. The summed E-state index contributed by atoms with van der Waals surface area (Å²) in [6.07, 6.45) is 2.24. The van der Waals surface area contributed by atoms with E-state index in [0.29, 0.717) is 0 Å². The van der Waals surface area contributed by atoms with Crippen molar-refractivity contribution in [1.29, 1.82) is 0 Å². The number of halogens is 3. The number of thioether (sulfide) groups is 1. The van der Waals surface area contributed by atoms with Gasteiger partial charge in [0.2, 0.25) is 16.4 Å². The lowest BCUT2D eigenvalue weighted by molar-refractivity contribution is 0.284. The van der Waals surface area contributed by atoms with Crippen LogP contribution < -0.4 is 0 Å². The van der Waals surface area contributed by atoms with Gasteiger partial charge in [-0.25, -0.2) is 4.99 Å². The van der Waals surface area contributed by atoms with Crippen molar-refractivity contribution in [2.45, 2.75) is 19.4 Å². The highest BCUT2D eigenvalue weighted by molar-refractivity contribution is 8.20. The lowest BCUT2D eigenvalue weighted by atomic mass is 10.1. The zero-order valence-corrected chi connectivity index (χ0v) is 10.1. The first-order chi connectivity index (χ1) is 6.14. The van der Waals surface area contributed by atoms with Crippen LogP contribution in [0, 0.1) is 0 Å². The normalized spacial score (nSPS) is 20.4. The number of nitrogens with zero attached hydrogens (tertiary/aromatic N) is 1. The maximum Gasteiger partial charge on any atom is 0.246 e. The molecule has 0 amide bonds. The average molecular weight is 249 g/mol. The summed E-state index contributed by atoms with van der Waals surface area (Å²) in [6, 6.07) is 0. The first-order valence-corrected chi connectivity index (χ1v) is 6.74. The van der Waals surface area contributed by atoms with E-state index >= 15 is 0 Å². The van der Waals surface area contributed by atoms with E-state index in [1.807, 2.05) is 6.26 Å². The Kier molecular flexibility index (Phi) is 5.14. The quantitative estimate of drug-likeness (QED) is 0.654.